The van der Waals surface area contributed by atoms with E-state index in [9.17, 15) is 4.79 Å². The minimum atomic E-state index is -0.849. The van der Waals surface area contributed by atoms with Crippen molar-refractivity contribution < 1.29 is 9.90 Å². The summed E-state index contributed by atoms with van der Waals surface area (Å²) in [6.45, 7) is 8.53. The van der Waals surface area contributed by atoms with Crippen molar-refractivity contribution in [3.8, 4) is 0 Å². The second-order valence-corrected chi connectivity index (χ2v) is 5.98. The SMILES string of the molecule is Cc1cc(CC(=O)O)nc2ccc(C(C)(C)C)cc12. The molecule has 0 atom stereocenters. The van der Waals surface area contributed by atoms with Crippen molar-refractivity contribution in [1.82, 2.24) is 4.98 Å². The lowest BCUT2D eigenvalue weighted by atomic mass is 9.86. The maximum Gasteiger partial charge on any atom is 0.309 e. The third-order valence-electron chi connectivity index (χ3n) is 3.27. The second-order valence-electron chi connectivity index (χ2n) is 5.98. The van der Waals surface area contributed by atoms with Crippen molar-refractivity contribution in [2.75, 3.05) is 0 Å². The Balaban J connectivity index is 2.57. The number of carboxylic acids is 1. The molecule has 0 radical (unpaired) electrons. The fraction of sp³-hybridized carbons (Fsp3) is 0.375. The van der Waals surface area contributed by atoms with Gasteiger partial charge in [-0.1, -0.05) is 26.8 Å². The number of aliphatic carboxylic acids is 1. The average Bonchev–Trinajstić information content (AvgIpc) is 2.26. The minimum Gasteiger partial charge on any atom is -0.481 e. The molecule has 3 heteroatoms. The van der Waals surface area contributed by atoms with E-state index in [-0.39, 0.29) is 11.8 Å². The Bertz CT molecular complexity index is 639. The van der Waals surface area contributed by atoms with Gasteiger partial charge in [-0.2, -0.15) is 0 Å². The first-order valence-corrected chi connectivity index (χ1v) is 6.40. The fourth-order valence-corrected chi connectivity index (χ4v) is 2.18. The Kier molecular flexibility index (Phi) is 3.31. The molecule has 0 bridgehead atoms. The fourth-order valence-electron chi connectivity index (χ4n) is 2.18. The molecule has 0 saturated carbocycles. The van der Waals surface area contributed by atoms with Gasteiger partial charge in [0, 0.05) is 5.39 Å². The average molecular weight is 257 g/mol. The van der Waals surface area contributed by atoms with Crippen molar-refractivity contribution in [3.05, 3.63) is 41.1 Å². The summed E-state index contributed by atoms with van der Waals surface area (Å²) in [5, 5.41) is 9.94. The lowest BCUT2D eigenvalue weighted by Crippen LogP contribution is -2.11. The first-order valence-electron chi connectivity index (χ1n) is 6.40. The molecule has 2 aromatic rings. The highest BCUT2D eigenvalue weighted by atomic mass is 16.4. The molecule has 1 aromatic heterocycles. The van der Waals surface area contributed by atoms with Gasteiger partial charge in [0.1, 0.15) is 0 Å². The zero-order valence-electron chi connectivity index (χ0n) is 11.8. The normalized spacial score (nSPS) is 11.8. The highest BCUT2D eigenvalue weighted by molar-refractivity contribution is 5.84. The van der Waals surface area contributed by atoms with E-state index in [2.05, 4.69) is 37.9 Å². The summed E-state index contributed by atoms with van der Waals surface area (Å²) in [7, 11) is 0. The van der Waals surface area contributed by atoms with E-state index in [1.807, 2.05) is 19.1 Å². The van der Waals surface area contributed by atoms with Crippen molar-refractivity contribution in [3.63, 3.8) is 0 Å². The van der Waals surface area contributed by atoms with Crippen molar-refractivity contribution >= 4 is 16.9 Å². The first-order chi connectivity index (χ1) is 8.77. The van der Waals surface area contributed by atoms with Gasteiger partial charge in [-0.25, -0.2) is 0 Å². The van der Waals surface area contributed by atoms with E-state index < -0.39 is 5.97 Å². The number of hydrogen-bond acceptors (Lipinski definition) is 2. The van der Waals surface area contributed by atoms with Gasteiger partial charge >= 0.3 is 5.97 Å². The van der Waals surface area contributed by atoms with Gasteiger partial charge in [-0.05, 0) is 41.7 Å². The molecule has 3 nitrogen and oxygen atoms in total. The van der Waals surface area contributed by atoms with E-state index in [0.717, 1.165) is 16.5 Å². The largest absolute Gasteiger partial charge is 0.481 e. The van der Waals surface area contributed by atoms with Crippen LogP contribution in [0.4, 0.5) is 0 Å². The van der Waals surface area contributed by atoms with Crippen LogP contribution in [0.5, 0.6) is 0 Å². The number of nitrogens with zero attached hydrogens (tertiary/aromatic N) is 1. The number of aryl methyl sites for hydroxylation is 1. The smallest absolute Gasteiger partial charge is 0.309 e. The van der Waals surface area contributed by atoms with Gasteiger partial charge in [0.05, 0.1) is 17.6 Å². The Morgan fingerprint density at radius 3 is 2.53 bits per heavy atom. The van der Waals surface area contributed by atoms with Gasteiger partial charge in [0.25, 0.3) is 0 Å². The van der Waals surface area contributed by atoms with E-state index in [1.54, 1.807) is 0 Å². The first kappa shape index (κ1) is 13.5. The molecule has 0 aliphatic rings. The van der Waals surface area contributed by atoms with E-state index in [4.69, 9.17) is 5.11 Å². The van der Waals surface area contributed by atoms with Crippen LogP contribution in [-0.4, -0.2) is 16.1 Å². The molecule has 0 spiro atoms. The van der Waals surface area contributed by atoms with Crippen molar-refractivity contribution in [1.29, 1.82) is 0 Å². The molecule has 1 heterocycles. The van der Waals surface area contributed by atoms with Gasteiger partial charge in [0.2, 0.25) is 0 Å². The van der Waals surface area contributed by atoms with Crippen LogP contribution in [0, 0.1) is 6.92 Å². The summed E-state index contributed by atoms with van der Waals surface area (Å²) < 4.78 is 0. The van der Waals surface area contributed by atoms with Crippen LogP contribution in [0.2, 0.25) is 0 Å². The molecule has 0 aliphatic heterocycles. The van der Waals surface area contributed by atoms with E-state index >= 15 is 0 Å². The third kappa shape index (κ3) is 2.92. The predicted molar refractivity (Wildman–Crippen MR) is 76.5 cm³/mol. The van der Waals surface area contributed by atoms with Crippen molar-refractivity contribution in [2.24, 2.45) is 0 Å². The predicted octanol–water partition coefficient (Wildman–Crippen LogP) is 3.47. The molecule has 0 aliphatic carbocycles. The maximum absolute atomic E-state index is 10.8. The standard InChI is InChI=1S/C16H19NO2/c1-10-7-12(9-15(18)19)17-14-6-5-11(8-13(10)14)16(2,3)4/h5-8H,9H2,1-4H3,(H,18,19). The number of carbonyl (C=O) groups is 1. The van der Waals surface area contributed by atoms with Crippen LogP contribution in [0.1, 0.15) is 37.6 Å². The lowest BCUT2D eigenvalue weighted by molar-refractivity contribution is -0.136. The zero-order chi connectivity index (χ0) is 14.2. The molecule has 0 saturated heterocycles. The Morgan fingerprint density at radius 1 is 1.26 bits per heavy atom. The molecule has 0 fully saturated rings. The number of rotatable bonds is 2. The lowest BCUT2D eigenvalue weighted by Gasteiger charge is -2.19. The second kappa shape index (κ2) is 4.65. The van der Waals surface area contributed by atoms with Gasteiger partial charge < -0.3 is 5.11 Å². The van der Waals surface area contributed by atoms with Gasteiger partial charge in [0.15, 0.2) is 0 Å². The summed E-state index contributed by atoms with van der Waals surface area (Å²) in [5.74, 6) is -0.849. The number of aromatic nitrogens is 1. The summed E-state index contributed by atoms with van der Waals surface area (Å²) in [6, 6.07) is 8.07. The number of hydrogen-bond donors (Lipinski definition) is 1. The molecule has 2 rings (SSSR count). The summed E-state index contributed by atoms with van der Waals surface area (Å²) in [4.78, 5) is 15.2. The topological polar surface area (TPSA) is 50.2 Å². The van der Waals surface area contributed by atoms with Crippen LogP contribution in [-0.2, 0) is 16.6 Å². The Labute approximate surface area is 113 Å². The van der Waals surface area contributed by atoms with E-state index in [0.29, 0.717) is 5.69 Å². The number of benzene rings is 1. The highest BCUT2D eigenvalue weighted by Crippen LogP contribution is 2.27. The molecular formula is C16H19NO2. The summed E-state index contributed by atoms with van der Waals surface area (Å²) in [5.41, 5.74) is 3.91. The Hall–Kier alpha value is -1.90. The minimum absolute atomic E-state index is 0.0300. The summed E-state index contributed by atoms with van der Waals surface area (Å²) >= 11 is 0. The van der Waals surface area contributed by atoms with Crippen LogP contribution in [0.25, 0.3) is 10.9 Å². The molecule has 19 heavy (non-hydrogen) atoms. The number of fused-ring (bicyclic) bond motifs is 1. The number of pyridine rings is 1. The molecule has 100 valence electrons. The summed E-state index contributed by atoms with van der Waals surface area (Å²) in [6.07, 6.45) is -0.0300. The van der Waals surface area contributed by atoms with Crippen LogP contribution < -0.4 is 0 Å². The van der Waals surface area contributed by atoms with Crippen LogP contribution in [0.15, 0.2) is 24.3 Å². The third-order valence-corrected chi connectivity index (χ3v) is 3.27. The Morgan fingerprint density at radius 2 is 1.95 bits per heavy atom. The van der Waals surface area contributed by atoms with Crippen LogP contribution >= 0.6 is 0 Å². The maximum atomic E-state index is 10.8. The molecule has 1 aromatic carbocycles. The molecule has 0 unspecified atom stereocenters. The number of carboxylic acid groups (broad SMARTS) is 1. The van der Waals surface area contributed by atoms with Crippen LogP contribution in [0.3, 0.4) is 0 Å². The van der Waals surface area contributed by atoms with Gasteiger partial charge in [-0.15, -0.1) is 0 Å². The highest BCUT2D eigenvalue weighted by Gasteiger charge is 2.15. The van der Waals surface area contributed by atoms with Crippen molar-refractivity contribution in [2.45, 2.75) is 39.5 Å². The molecule has 1 N–H and O–H groups in total. The quantitative estimate of drug-likeness (QED) is 0.896. The zero-order valence-corrected chi connectivity index (χ0v) is 11.8. The monoisotopic (exact) mass is 257 g/mol. The van der Waals surface area contributed by atoms with Gasteiger partial charge in [-0.3, -0.25) is 9.78 Å². The molecule has 0 amide bonds. The molecular weight excluding hydrogens is 238 g/mol. The van der Waals surface area contributed by atoms with E-state index in [1.165, 1.54) is 5.56 Å².